The van der Waals surface area contributed by atoms with Gasteiger partial charge in [-0.1, -0.05) is 0 Å². The Kier molecular flexibility index (Phi) is 5.82. The Morgan fingerprint density at radius 2 is 2.20 bits per heavy atom. The van der Waals surface area contributed by atoms with Crippen molar-refractivity contribution in [3.05, 3.63) is 28.2 Å². The van der Waals surface area contributed by atoms with Crippen LogP contribution in [0.1, 0.15) is 10.4 Å². The number of rotatable bonds is 5. The van der Waals surface area contributed by atoms with Crippen molar-refractivity contribution >= 4 is 21.8 Å². The van der Waals surface area contributed by atoms with E-state index < -0.39 is 0 Å². The summed E-state index contributed by atoms with van der Waals surface area (Å²) in [5.41, 5.74) is 0.637. The van der Waals surface area contributed by atoms with Gasteiger partial charge in [0, 0.05) is 44.8 Å². The normalized spacial score (nSPS) is 15.9. The van der Waals surface area contributed by atoms with E-state index in [-0.39, 0.29) is 5.91 Å². The number of amides is 1. The van der Waals surface area contributed by atoms with Crippen molar-refractivity contribution < 1.29 is 9.53 Å². The zero-order valence-corrected chi connectivity index (χ0v) is 13.2. The van der Waals surface area contributed by atoms with Crippen molar-refractivity contribution in [3.63, 3.8) is 0 Å². The van der Waals surface area contributed by atoms with Crippen LogP contribution in [0.2, 0.25) is 0 Å². The largest absolute Gasteiger partial charge is 0.496 e. The zero-order valence-electron chi connectivity index (χ0n) is 11.6. The number of methoxy groups -OCH3 is 1. The van der Waals surface area contributed by atoms with Crippen LogP contribution in [-0.4, -0.2) is 57.2 Å². The third kappa shape index (κ3) is 4.19. The fourth-order valence-corrected chi connectivity index (χ4v) is 2.71. The molecule has 1 saturated heterocycles. The minimum Gasteiger partial charge on any atom is -0.496 e. The van der Waals surface area contributed by atoms with Gasteiger partial charge in [-0.05, 0) is 34.1 Å². The molecule has 1 amide bonds. The van der Waals surface area contributed by atoms with Gasteiger partial charge in [0.15, 0.2) is 0 Å². The Morgan fingerprint density at radius 3 is 2.85 bits per heavy atom. The van der Waals surface area contributed by atoms with E-state index in [0.29, 0.717) is 12.1 Å². The summed E-state index contributed by atoms with van der Waals surface area (Å²) >= 11 is 3.39. The van der Waals surface area contributed by atoms with E-state index >= 15 is 0 Å². The van der Waals surface area contributed by atoms with Gasteiger partial charge in [-0.3, -0.25) is 9.69 Å². The van der Waals surface area contributed by atoms with Crippen molar-refractivity contribution in [1.82, 2.24) is 15.5 Å². The van der Waals surface area contributed by atoms with Gasteiger partial charge in [0.1, 0.15) is 5.75 Å². The molecule has 1 aliphatic rings. The van der Waals surface area contributed by atoms with Gasteiger partial charge in [0.05, 0.1) is 11.6 Å². The number of piperazine rings is 1. The number of halogens is 1. The highest BCUT2D eigenvalue weighted by Crippen LogP contribution is 2.25. The predicted octanol–water partition coefficient (Wildman–Crippen LogP) is 1.09. The Balaban J connectivity index is 1.80. The van der Waals surface area contributed by atoms with Crippen molar-refractivity contribution in [3.8, 4) is 5.75 Å². The number of ether oxygens (including phenoxy) is 1. The summed E-state index contributed by atoms with van der Waals surface area (Å²) < 4.78 is 5.94. The lowest BCUT2D eigenvalue weighted by Gasteiger charge is -2.27. The number of carbonyl (C=O) groups excluding carboxylic acids is 1. The van der Waals surface area contributed by atoms with Gasteiger partial charge >= 0.3 is 0 Å². The molecule has 0 spiro atoms. The third-order valence-electron chi connectivity index (χ3n) is 3.34. The molecule has 0 atom stereocenters. The van der Waals surface area contributed by atoms with Gasteiger partial charge < -0.3 is 15.4 Å². The minimum absolute atomic E-state index is 0.0523. The molecular weight excluding hydrogens is 322 g/mol. The smallest absolute Gasteiger partial charge is 0.251 e. The number of nitrogens with zero attached hydrogens (tertiary/aromatic N) is 1. The van der Waals surface area contributed by atoms with Gasteiger partial charge in [0.2, 0.25) is 0 Å². The van der Waals surface area contributed by atoms with Crippen LogP contribution in [0.15, 0.2) is 22.7 Å². The number of hydrogen-bond acceptors (Lipinski definition) is 4. The molecule has 0 aliphatic carbocycles. The molecule has 5 nitrogen and oxygen atoms in total. The highest BCUT2D eigenvalue weighted by atomic mass is 79.9. The molecule has 2 N–H and O–H groups in total. The molecule has 20 heavy (non-hydrogen) atoms. The van der Waals surface area contributed by atoms with E-state index in [1.54, 1.807) is 25.3 Å². The Labute approximate surface area is 127 Å². The van der Waals surface area contributed by atoms with E-state index in [2.05, 4.69) is 31.5 Å². The van der Waals surface area contributed by atoms with Crippen molar-refractivity contribution in [1.29, 1.82) is 0 Å². The van der Waals surface area contributed by atoms with Crippen LogP contribution in [0, 0.1) is 0 Å². The van der Waals surface area contributed by atoms with Crippen LogP contribution in [0.4, 0.5) is 0 Å². The average Bonchev–Trinajstić information content (AvgIpc) is 2.48. The van der Waals surface area contributed by atoms with E-state index in [0.717, 1.165) is 42.9 Å². The van der Waals surface area contributed by atoms with E-state index in [4.69, 9.17) is 4.74 Å². The Hall–Kier alpha value is -1.11. The molecule has 1 heterocycles. The summed E-state index contributed by atoms with van der Waals surface area (Å²) in [5.74, 6) is 0.672. The second-order valence-corrected chi connectivity index (χ2v) is 5.55. The number of carbonyl (C=O) groups is 1. The molecule has 0 saturated carbocycles. The highest BCUT2D eigenvalue weighted by Gasteiger charge is 2.11. The summed E-state index contributed by atoms with van der Waals surface area (Å²) in [6.45, 7) is 5.71. The molecule has 0 aromatic heterocycles. The number of nitrogens with one attached hydrogen (secondary N) is 2. The topological polar surface area (TPSA) is 53.6 Å². The van der Waals surface area contributed by atoms with Crippen LogP contribution >= 0.6 is 15.9 Å². The molecule has 0 radical (unpaired) electrons. The van der Waals surface area contributed by atoms with Crippen LogP contribution in [0.3, 0.4) is 0 Å². The molecule has 0 unspecified atom stereocenters. The van der Waals surface area contributed by atoms with E-state index in [1.807, 2.05) is 0 Å². The first-order valence-electron chi connectivity index (χ1n) is 6.75. The average molecular weight is 342 g/mol. The van der Waals surface area contributed by atoms with Crippen LogP contribution in [0.25, 0.3) is 0 Å². The summed E-state index contributed by atoms with van der Waals surface area (Å²) in [4.78, 5) is 14.4. The molecule has 1 aromatic rings. The molecule has 1 aliphatic heterocycles. The monoisotopic (exact) mass is 341 g/mol. The number of hydrogen-bond donors (Lipinski definition) is 2. The summed E-state index contributed by atoms with van der Waals surface area (Å²) in [5, 5.41) is 6.26. The van der Waals surface area contributed by atoms with Gasteiger partial charge in [0.25, 0.3) is 5.91 Å². The molecule has 1 fully saturated rings. The first-order valence-corrected chi connectivity index (χ1v) is 7.55. The fraction of sp³-hybridized carbons (Fsp3) is 0.500. The lowest BCUT2D eigenvalue weighted by Crippen LogP contribution is -2.46. The standard InChI is InChI=1S/C14H20BrN3O2/c1-20-13-3-2-11(10-12(13)15)14(19)17-6-9-18-7-4-16-5-8-18/h2-3,10,16H,4-9H2,1H3,(H,17,19). The fourth-order valence-electron chi connectivity index (χ4n) is 2.17. The SMILES string of the molecule is COc1ccc(C(=O)NCCN2CCNCC2)cc1Br. The van der Waals surface area contributed by atoms with E-state index in [9.17, 15) is 4.79 Å². The minimum atomic E-state index is -0.0523. The molecule has 1 aromatic carbocycles. The maximum Gasteiger partial charge on any atom is 0.251 e. The first kappa shape index (κ1) is 15.3. The zero-order chi connectivity index (χ0) is 14.4. The summed E-state index contributed by atoms with van der Waals surface area (Å²) in [6.07, 6.45) is 0. The van der Waals surface area contributed by atoms with Crippen molar-refractivity contribution in [2.45, 2.75) is 0 Å². The second-order valence-electron chi connectivity index (χ2n) is 4.70. The first-order chi connectivity index (χ1) is 9.70. The lowest BCUT2D eigenvalue weighted by atomic mass is 10.2. The van der Waals surface area contributed by atoms with Crippen LogP contribution in [-0.2, 0) is 0 Å². The lowest BCUT2D eigenvalue weighted by molar-refractivity contribution is 0.0947. The van der Waals surface area contributed by atoms with Gasteiger partial charge in [-0.2, -0.15) is 0 Å². The van der Waals surface area contributed by atoms with Crippen molar-refractivity contribution in [2.24, 2.45) is 0 Å². The van der Waals surface area contributed by atoms with Crippen LogP contribution in [0.5, 0.6) is 5.75 Å². The molecule has 6 heteroatoms. The Bertz CT molecular complexity index is 462. The second kappa shape index (κ2) is 7.61. The third-order valence-corrected chi connectivity index (χ3v) is 3.96. The van der Waals surface area contributed by atoms with Crippen LogP contribution < -0.4 is 15.4 Å². The Morgan fingerprint density at radius 1 is 1.45 bits per heavy atom. The number of benzene rings is 1. The van der Waals surface area contributed by atoms with Gasteiger partial charge in [-0.25, -0.2) is 0 Å². The van der Waals surface area contributed by atoms with Gasteiger partial charge in [-0.15, -0.1) is 0 Å². The summed E-state index contributed by atoms with van der Waals surface area (Å²) in [7, 11) is 1.60. The van der Waals surface area contributed by atoms with Crippen molar-refractivity contribution in [2.75, 3.05) is 46.4 Å². The molecule has 2 rings (SSSR count). The molecule has 110 valence electrons. The predicted molar refractivity (Wildman–Crippen MR) is 82.3 cm³/mol. The molecular formula is C14H20BrN3O2. The molecule has 0 bridgehead atoms. The highest BCUT2D eigenvalue weighted by molar-refractivity contribution is 9.10. The summed E-state index contributed by atoms with van der Waals surface area (Å²) in [6, 6.07) is 5.33. The maximum atomic E-state index is 12.0. The maximum absolute atomic E-state index is 12.0. The van der Waals surface area contributed by atoms with E-state index in [1.165, 1.54) is 0 Å². The quantitative estimate of drug-likeness (QED) is 0.841.